The maximum absolute atomic E-state index is 12.4. The summed E-state index contributed by atoms with van der Waals surface area (Å²) >= 11 is 0. The van der Waals surface area contributed by atoms with Gasteiger partial charge in [0.15, 0.2) is 0 Å². The second kappa shape index (κ2) is 9.43. The van der Waals surface area contributed by atoms with Gasteiger partial charge in [0.1, 0.15) is 19.3 Å². The van der Waals surface area contributed by atoms with Crippen molar-refractivity contribution < 1.29 is 29.0 Å². The molecule has 3 rings (SSSR count). The summed E-state index contributed by atoms with van der Waals surface area (Å²) in [6.45, 7) is 3.40. The number of hydrogen-bond donors (Lipinski definition) is 2. The first-order valence-electron chi connectivity index (χ1n) is 9.88. The molecule has 1 amide bonds. The Morgan fingerprint density at radius 2 is 1.53 bits per heavy atom. The predicted octanol–water partition coefficient (Wildman–Crippen LogP) is 3.57. The van der Waals surface area contributed by atoms with Gasteiger partial charge in [-0.1, -0.05) is 62.4 Å². The molecule has 2 aromatic rings. The van der Waals surface area contributed by atoms with Crippen LogP contribution in [0, 0.1) is 5.92 Å². The Balaban J connectivity index is 1.62. The van der Waals surface area contributed by atoms with E-state index in [0.29, 0.717) is 0 Å². The summed E-state index contributed by atoms with van der Waals surface area (Å²) in [5.41, 5.74) is 4.45. The molecule has 0 fully saturated rings. The molecule has 0 aliphatic heterocycles. The van der Waals surface area contributed by atoms with Crippen LogP contribution in [-0.4, -0.2) is 42.4 Å². The molecule has 2 aromatic carbocycles. The molecule has 1 atom stereocenters. The minimum Gasteiger partial charge on any atom is -0.481 e. The van der Waals surface area contributed by atoms with Crippen LogP contribution in [0.2, 0.25) is 0 Å². The minimum atomic E-state index is -1.06. The van der Waals surface area contributed by atoms with Gasteiger partial charge in [-0.3, -0.25) is 4.79 Å². The minimum absolute atomic E-state index is 0.0804. The van der Waals surface area contributed by atoms with Crippen molar-refractivity contribution in [3.63, 3.8) is 0 Å². The maximum Gasteiger partial charge on any atom is 0.407 e. The Morgan fingerprint density at radius 1 is 0.967 bits per heavy atom. The highest BCUT2D eigenvalue weighted by Gasteiger charge is 2.30. The van der Waals surface area contributed by atoms with Crippen LogP contribution in [-0.2, 0) is 19.1 Å². The van der Waals surface area contributed by atoms with E-state index >= 15 is 0 Å². The molecule has 30 heavy (non-hydrogen) atoms. The summed E-state index contributed by atoms with van der Waals surface area (Å²) in [5, 5.41) is 11.2. The monoisotopic (exact) mass is 411 g/mol. The van der Waals surface area contributed by atoms with Crippen LogP contribution in [0.3, 0.4) is 0 Å². The number of fused-ring (bicyclic) bond motifs is 3. The van der Waals surface area contributed by atoms with Crippen LogP contribution in [0.25, 0.3) is 11.1 Å². The van der Waals surface area contributed by atoms with Gasteiger partial charge in [-0.05, 0) is 28.2 Å². The number of ether oxygens (including phenoxy) is 2. The SMILES string of the molecule is CC(C)[C@H](NC(=O)OCC1c2ccccc2-c2ccccc21)C(=O)OCCC(=O)O. The molecule has 1 aliphatic rings. The number of carbonyl (C=O) groups excluding carboxylic acids is 2. The number of aliphatic carboxylic acids is 1. The van der Waals surface area contributed by atoms with Crippen molar-refractivity contribution in [2.75, 3.05) is 13.2 Å². The molecule has 0 unspecified atom stereocenters. The number of benzene rings is 2. The third-order valence-electron chi connectivity index (χ3n) is 5.10. The fraction of sp³-hybridized carbons (Fsp3) is 0.348. The zero-order valence-electron chi connectivity index (χ0n) is 17.0. The van der Waals surface area contributed by atoms with Crippen molar-refractivity contribution in [2.45, 2.75) is 32.2 Å². The van der Waals surface area contributed by atoms with Gasteiger partial charge in [-0.15, -0.1) is 0 Å². The number of esters is 1. The van der Waals surface area contributed by atoms with E-state index in [4.69, 9.17) is 14.6 Å². The van der Waals surface area contributed by atoms with Crippen molar-refractivity contribution in [2.24, 2.45) is 5.92 Å². The summed E-state index contributed by atoms with van der Waals surface area (Å²) in [4.78, 5) is 35.2. The average molecular weight is 411 g/mol. The maximum atomic E-state index is 12.4. The van der Waals surface area contributed by atoms with Gasteiger partial charge in [-0.2, -0.15) is 0 Å². The largest absolute Gasteiger partial charge is 0.481 e. The third-order valence-corrected chi connectivity index (χ3v) is 5.10. The van der Waals surface area contributed by atoms with Gasteiger partial charge in [-0.25, -0.2) is 9.59 Å². The summed E-state index contributed by atoms with van der Waals surface area (Å²) in [5.74, 6) is -2.07. The predicted molar refractivity (Wildman–Crippen MR) is 110 cm³/mol. The van der Waals surface area contributed by atoms with Crippen LogP contribution in [0.4, 0.5) is 4.79 Å². The number of carboxylic acids is 1. The lowest BCUT2D eigenvalue weighted by molar-refractivity contribution is -0.149. The molecule has 1 aliphatic carbocycles. The van der Waals surface area contributed by atoms with Gasteiger partial charge < -0.3 is 19.9 Å². The van der Waals surface area contributed by atoms with E-state index in [1.54, 1.807) is 13.8 Å². The molecule has 0 saturated carbocycles. The van der Waals surface area contributed by atoms with Crippen molar-refractivity contribution >= 4 is 18.0 Å². The number of rotatable bonds is 8. The fourth-order valence-corrected chi connectivity index (χ4v) is 3.59. The van der Waals surface area contributed by atoms with Crippen LogP contribution < -0.4 is 5.32 Å². The van der Waals surface area contributed by atoms with E-state index in [1.807, 2.05) is 36.4 Å². The Hall–Kier alpha value is -3.35. The Morgan fingerprint density at radius 3 is 2.07 bits per heavy atom. The Bertz CT molecular complexity index is 893. The van der Waals surface area contributed by atoms with E-state index in [-0.39, 0.29) is 31.5 Å². The lowest BCUT2D eigenvalue weighted by Crippen LogP contribution is -2.45. The van der Waals surface area contributed by atoms with Crippen molar-refractivity contribution in [1.29, 1.82) is 0 Å². The molecule has 0 saturated heterocycles. The highest BCUT2D eigenvalue weighted by atomic mass is 16.6. The Labute approximate surface area is 175 Å². The zero-order valence-corrected chi connectivity index (χ0v) is 17.0. The first kappa shape index (κ1) is 21.4. The highest BCUT2D eigenvalue weighted by Crippen LogP contribution is 2.44. The molecule has 0 aromatic heterocycles. The van der Waals surface area contributed by atoms with Crippen molar-refractivity contribution in [3.05, 3.63) is 59.7 Å². The number of alkyl carbamates (subject to hydrolysis) is 1. The number of hydrogen-bond acceptors (Lipinski definition) is 5. The van der Waals surface area contributed by atoms with Gasteiger partial charge in [0.05, 0.1) is 6.42 Å². The van der Waals surface area contributed by atoms with Gasteiger partial charge in [0.25, 0.3) is 0 Å². The van der Waals surface area contributed by atoms with Crippen LogP contribution in [0.15, 0.2) is 48.5 Å². The second-order valence-corrected chi connectivity index (χ2v) is 7.50. The number of nitrogens with one attached hydrogen (secondary N) is 1. The van der Waals surface area contributed by atoms with Gasteiger partial charge >= 0.3 is 18.0 Å². The van der Waals surface area contributed by atoms with Gasteiger partial charge in [0, 0.05) is 5.92 Å². The fourth-order valence-electron chi connectivity index (χ4n) is 3.59. The van der Waals surface area contributed by atoms with Crippen molar-refractivity contribution in [3.8, 4) is 11.1 Å². The summed E-state index contributed by atoms with van der Waals surface area (Å²) < 4.78 is 10.4. The Kier molecular flexibility index (Phi) is 6.72. The zero-order chi connectivity index (χ0) is 21.7. The number of carbonyl (C=O) groups is 3. The summed E-state index contributed by atoms with van der Waals surface area (Å²) in [7, 11) is 0. The molecule has 2 N–H and O–H groups in total. The van der Waals surface area contributed by atoms with E-state index in [0.717, 1.165) is 22.3 Å². The summed E-state index contributed by atoms with van der Waals surface area (Å²) in [6, 6.07) is 15.1. The second-order valence-electron chi connectivity index (χ2n) is 7.50. The van der Waals surface area contributed by atoms with E-state index < -0.39 is 24.1 Å². The van der Waals surface area contributed by atoms with E-state index in [1.165, 1.54) is 0 Å². The molecule has 158 valence electrons. The lowest BCUT2D eigenvalue weighted by atomic mass is 9.98. The van der Waals surface area contributed by atoms with Crippen LogP contribution >= 0.6 is 0 Å². The molecular weight excluding hydrogens is 386 g/mol. The quantitative estimate of drug-likeness (QED) is 0.644. The summed E-state index contributed by atoms with van der Waals surface area (Å²) in [6.07, 6.45) is -1.01. The standard InChI is InChI=1S/C23H25NO6/c1-14(2)21(22(27)29-12-11-20(25)26)24-23(28)30-13-19-17-9-5-3-7-15(17)16-8-4-6-10-18(16)19/h3-10,14,19,21H,11-13H2,1-2H3,(H,24,28)(H,25,26)/t21-/m0/s1. The number of amides is 1. The highest BCUT2D eigenvalue weighted by molar-refractivity contribution is 5.82. The molecule has 7 heteroatoms. The van der Waals surface area contributed by atoms with E-state index in [9.17, 15) is 14.4 Å². The number of carboxylic acid groups (broad SMARTS) is 1. The van der Waals surface area contributed by atoms with Crippen LogP contribution in [0.5, 0.6) is 0 Å². The average Bonchev–Trinajstić information content (AvgIpc) is 3.03. The van der Waals surface area contributed by atoms with Gasteiger partial charge in [0.2, 0.25) is 0 Å². The topological polar surface area (TPSA) is 102 Å². The first-order valence-corrected chi connectivity index (χ1v) is 9.88. The molecule has 0 radical (unpaired) electrons. The molecule has 0 spiro atoms. The normalized spacial score (nSPS) is 13.3. The van der Waals surface area contributed by atoms with Crippen molar-refractivity contribution in [1.82, 2.24) is 5.32 Å². The lowest BCUT2D eigenvalue weighted by Gasteiger charge is -2.21. The first-order chi connectivity index (χ1) is 14.4. The molecule has 0 bridgehead atoms. The van der Waals surface area contributed by atoms with Crippen LogP contribution in [0.1, 0.15) is 37.3 Å². The third kappa shape index (κ3) is 4.79. The molecule has 7 nitrogen and oxygen atoms in total. The molecule has 0 heterocycles. The molecular formula is C23H25NO6. The van der Waals surface area contributed by atoms with E-state index in [2.05, 4.69) is 17.4 Å². The smallest absolute Gasteiger partial charge is 0.407 e.